The molecular formula is C27H31ClFN5O2. The number of aromatic nitrogens is 1. The number of hydrogen-bond donors (Lipinski definition) is 2. The van der Waals surface area contributed by atoms with Crippen molar-refractivity contribution in [2.24, 2.45) is 0 Å². The van der Waals surface area contributed by atoms with E-state index < -0.39 is 5.82 Å². The number of halogens is 2. The van der Waals surface area contributed by atoms with Gasteiger partial charge in [0.1, 0.15) is 17.4 Å². The molecule has 0 radical (unpaired) electrons. The van der Waals surface area contributed by atoms with Crippen LogP contribution in [0.15, 0.2) is 42.6 Å². The maximum atomic E-state index is 14.8. The molecule has 0 bridgehead atoms. The van der Waals surface area contributed by atoms with Gasteiger partial charge < -0.3 is 25.1 Å². The topological polar surface area (TPSA) is 71.9 Å². The van der Waals surface area contributed by atoms with Gasteiger partial charge in [-0.25, -0.2) is 9.37 Å². The summed E-state index contributed by atoms with van der Waals surface area (Å²) in [5, 5.41) is 14.9. The van der Waals surface area contributed by atoms with Crippen LogP contribution in [0.5, 0.6) is 5.75 Å². The van der Waals surface area contributed by atoms with Crippen molar-refractivity contribution in [3.8, 4) is 28.0 Å². The smallest absolute Gasteiger partial charge is 0.214 e. The molecule has 190 valence electrons. The van der Waals surface area contributed by atoms with E-state index in [0.29, 0.717) is 46.1 Å². The van der Waals surface area contributed by atoms with E-state index in [2.05, 4.69) is 15.2 Å². The van der Waals surface area contributed by atoms with E-state index in [9.17, 15) is 14.3 Å². The second-order valence-corrected chi connectivity index (χ2v) is 9.62. The van der Waals surface area contributed by atoms with E-state index in [1.54, 1.807) is 23.2 Å². The molecule has 0 saturated carbocycles. The van der Waals surface area contributed by atoms with Crippen molar-refractivity contribution in [1.82, 2.24) is 15.2 Å². The predicted octanol–water partition coefficient (Wildman–Crippen LogP) is 4.16. The molecule has 3 aromatic rings. The molecule has 1 aromatic heterocycles. The largest absolute Gasteiger partial charge is 0.507 e. The van der Waals surface area contributed by atoms with Gasteiger partial charge in [0, 0.05) is 56.6 Å². The van der Waals surface area contributed by atoms with Crippen LogP contribution < -0.4 is 15.1 Å². The molecule has 0 atom stereocenters. The lowest BCUT2D eigenvalue weighted by Crippen LogP contribution is -2.43. The first-order valence-corrected chi connectivity index (χ1v) is 12.3. The molecule has 0 aliphatic carbocycles. The van der Waals surface area contributed by atoms with E-state index in [4.69, 9.17) is 11.6 Å². The van der Waals surface area contributed by atoms with Gasteiger partial charge in [0.15, 0.2) is 0 Å². The number of carbonyl (C=O) groups excluding carboxylic acids is 1. The minimum absolute atomic E-state index is 0.0445. The Morgan fingerprint density at radius 2 is 1.81 bits per heavy atom. The van der Waals surface area contributed by atoms with Crippen LogP contribution in [0.2, 0.25) is 5.02 Å². The van der Waals surface area contributed by atoms with Gasteiger partial charge in [-0.05, 0) is 74.1 Å². The second-order valence-electron chi connectivity index (χ2n) is 9.21. The zero-order valence-electron chi connectivity index (χ0n) is 20.8. The standard InChI is InChI=1S/C27H31ClFN5O2/c1-18-12-20(13-24(28)26(18)34(17-35)11-10-32(2)3)23-16-21(29)15-22(27(23)36)19-4-5-31-25(14-19)33-8-6-30-7-9-33/h4-5,12-17,30,36H,6-11H2,1-3H3. The number of anilines is 2. The molecule has 9 heteroatoms. The molecule has 1 aliphatic heterocycles. The Hall–Kier alpha value is -3.20. The van der Waals surface area contributed by atoms with Crippen LogP contribution in [0.1, 0.15) is 5.56 Å². The summed E-state index contributed by atoms with van der Waals surface area (Å²) in [7, 11) is 3.86. The lowest BCUT2D eigenvalue weighted by atomic mass is 9.95. The van der Waals surface area contributed by atoms with Crippen molar-refractivity contribution in [3.05, 3.63) is 59.0 Å². The Morgan fingerprint density at radius 1 is 1.11 bits per heavy atom. The highest BCUT2D eigenvalue weighted by molar-refractivity contribution is 6.34. The molecule has 2 heterocycles. The summed E-state index contributed by atoms with van der Waals surface area (Å²) in [4.78, 5) is 21.9. The summed E-state index contributed by atoms with van der Waals surface area (Å²) < 4.78 is 14.8. The number of likely N-dealkylation sites (N-methyl/N-ethyl adjacent to an activating group) is 1. The summed E-state index contributed by atoms with van der Waals surface area (Å²) in [5.74, 6) is 0.266. The van der Waals surface area contributed by atoms with Crippen LogP contribution in [0.25, 0.3) is 22.3 Å². The Morgan fingerprint density at radius 3 is 2.44 bits per heavy atom. The fourth-order valence-corrected chi connectivity index (χ4v) is 4.85. The number of aromatic hydroxyl groups is 1. The third-order valence-corrected chi connectivity index (χ3v) is 6.63. The van der Waals surface area contributed by atoms with Gasteiger partial charge in [-0.15, -0.1) is 0 Å². The molecule has 0 spiro atoms. The van der Waals surface area contributed by atoms with E-state index in [-0.39, 0.29) is 5.75 Å². The van der Waals surface area contributed by atoms with Gasteiger partial charge in [-0.2, -0.15) is 0 Å². The van der Waals surface area contributed by atoms with Gasteiger partial charge in [0.25, 0.3) is 0 Å². The SMILES string of the molecule is Cc1cc(-c2cc(F)cc(-c3ccnc(N4CCNCC4)c3)c2O)cc(Cl)c1N(C=O)CCN(C)C. The summed E-state index contributed by atoms with van der Waals surface area (Å²) in [6.45, 7) is 6.38. The number of rotatable bonds is 8. The number of carbonyl (C=O) groups is 1. The number of pyridine rings is 1. The minimum Gasteiger partial charge on any atom is -0.507 e. The zero-order valence-corrected chi connectivity index (χ0v) is 21.5. The molecule has 4 rings (SSSR count). The third kappa shape index (κ3) is 5.61. The second kappa shape index (κ2) is 11.2. The fourth-order valence-electron chi connectivity index (χ4n) is 4.47. The summed E-state index contributed by atoms with van der Waals surface area (Å²) in [6, 6.07) is 9.73. The molecule has 1 amide bonds. The number of nitrogens with one attached hydrogen (secondary N) is 1. The first-order valence-electron chi connectivity index (χ1n) is 11.9. The molecule has 1 saturated heterocycles. The molecule has 0 unspecified atom stereocenters. The van der Waals surface area contributed by atoms with Crippen LogP contribution in [-0.4, -0.2) is 74.8 Å². The van der Waals surface area contributed by atoms with Gasteiger partial charge in [0.05, 0.1) is 10.7 Å². The summed E-state index contributed by atoms with van der Waals surface area (Å²) >= 11 is 6.62. The number of benzene rings is 2. The minimum atomic E-state index is -0.475. The van der Waals surface area contributed by atoms with Crippen LogP contribution >= 0.6 is 11.6 Å². The molecule has 1 fully saturated rings. The van der Waals surface area contributed by atoms with Crippen LogP contribution in [-0.2, 0) is 4.79 Å². The van der Waals surface area contributed by atoms with E-state index >= 15 is 0 Å². The van der Waals surface area contributed by atoms with Gasteiger partial charge >= 0.3 is 0 Å². The Bertz CT molecular complexity index is 1220. The van der Waals surface area contributed by atoms with Crippen LogP contribution in [0.4, 0.5) is 15.9 Å². The number of amides is 1. The highest BCUT2D eigenvalue weighted by Gasteiger charge is 2.20. The maximum Gasteiger partial charge on any atom is 0.214 e. The van der Waals surface area contributed by atoms with Crippen molar-refractivity contribution >= 4 is 29.5 Å². The predicted molar refractivity (Wildman–Crippen MR) is 144 cm³/mol. The highest BCUT2D eigenvalue weighted by Crippen LogP contribution is 2.42. The lowest BCUT2D eigenvalue weighted by Gasteiger charge is -2.28. The van der Waals surface area contributed by atoms with Crippen molar-refractivity contribution in [1.29, 1.82) is 0 Å². The molecule has 1 aliphatic rings. The van der Waals surface area contributed by atoms with Gasteiger partial charge in [0.2, 0.25) is 6.41 Å². The number of phenols is 1. The molecule has 2 aromatic carbocycles. The normalized spacial score (nSPS) is 13.8. The van der Waals surface area contributed by atoms with Crippen molar-refractivity contribution in [2.45, 2.75) is 6.92 Å². The molecule has 36 heavy (non-hydrogen) atoms. The first-order chi connectivity index (χ1) is 17.3. The summed E-state index contributed by atoms with van der Waals surface area (Å²) in [6.07, 6.45) is 2.43. The molecular weight excluding hydrogens is 481 g/mol. The Balaban J connectivity index is 1.72. The number of hydrogen-bond acceptors (Lipinski definition) is 6. The highest BCUT2D eigenvalue weighted by atomic mass is 35.5. The van der Waals surface area contributed by atoms with E-state index in [0.717, 1.165) is 44.0 Å². The number of nitrogens with zero attached hydrogens (tertiary/aromatic N) is 4. The Kier molecular flexibility index (Phi) is 8.08. The molecule has 2 N–H and O–H groups in total. The lowest BCUT2D eigenvalue weighted by molar-refractivity contribution is -0.107. The van der Waals surface area contributed by atoms with E-state index in [1.807, 2.05) is 38.1 Å². The van der Waals surface area contributed by atoms with Crippen molar-refractivity contribution in [2.75, 3.05) is 63.2 Å². The Labute approximate surface area is 216 Å². The van der Waals surface area contributed by atoms with Crippen LogP contribution in [0, 0.1) is 12.7 Å². The number of phenolic OH excluding ortho intramolecular Hbond substituents is 1. The fraction of sp³-hybridized carbons (Fsp3) is 0.333. The summed E-state index contributed by atoms with van der Waals surface area (Å²) in [5.41, 5.74) is 3.29. The maximum absolute atomic E-state index is 14.8. The van der Waals surface area contributed by atoms with Crippen LogP contribution in [0.3, 0.4) is 0 Å². The van der Waals surface area contributed by atoms with Crippen molar-refractivity contribution < 1.29 is 14.3 Å². The monoisotopic (exact) mass is 511 g/mol. The van der Waals surface area contributed by atoms with E-state index in [1.165, 1.54) is 12.1 Å². The average molecular weight is 512 g/mol. The average Bonchev–Trinajstić information content (AvgIpc) is 2.87. The van der Waals surface area contributed by atoms with Crippen molar-refractivity contribution in [3.63, 3.8) is 0 Å². The quantitative estimate of drug-likeness (QED) is 0.443. The first kappa shape index (κ1) is 25.9. The molecule has 7 nitrogen and oxygen atoms in total. The van der Waals surface area contributed by atoms with Gasteiger partial charge in [-0.3, -0.25) is 4.79 Å². The zero-order chi connectivity index (χ0) is 25.8. The third-order valence-electron chi connectivity index (χ3n) is 6.34. The number of piperazine rings is 1. The van der Waals surface area contributed by atoms with Gasteiger partial charge in [-0.1, -0.05) is 11.6 Å². The number of aryl methyl sites for hydroxylation is 1.